The molecule has 3 amide bonds. The molecule has 0 radical (unpaired) electrons. The maximum Gasteiger partial charge on any atom is 0.417 e. The predicted molar refractivity (Wildman–Crippen MR) is 122 cm³/mol. The van der Waals surface area contributed by atoms with Gasteiger partial charge in [-0.05, 0) is 49.1 Å². The molecule has 4 rings (SSSR count). The Morgan fingerprint density at radius 3 is 2.44 bits per heavy atom. The van der Waals surface area contributed by atoms with Gasteiger partial charge in [0, 0.05) is 17.5 Å². The second-order valence-electron chi connectivity index (χ2n) is 10.1. The molecule has 1 aromatic carbocycles. The number of imide groups is 1. The zero-order valence-corrected chi connectivity index (χ0v) is 20.2. The molecular formula is C25H27F3N2O6. The molecule has 1 N–H and O–H groups in total. The monoisotopic (exact) mass is 508 g/mol. The van der Waals surface area contributed by atoms with E-state index >= 15 is 0 Å². The number of amides is 3. The number of benzene rings is 1. The van der Waals surface area contributed by atoms with Gasteiger partial charge >= 0.3 is 23.8 Å². The Labute approximate surface area is 204 Å². The molecule has 1 saturated heterocycles. The standard InChI is InChI=1S/C25H27F3N2O6/c1-4-23(2,3)14-7-9-24(10-8-14)21(33)30(22(34)29-24)13-20(32)35-15-5-6-16-17(25(26,27)28)12-19(31)36-18(16)11-15/h5-6,11-12,14H,4,7-10,13H2,1-3H3,(H,29,34). The first-order valence-electron chi connectivity index (χ1n) is 11.8. The minimum atomic E-state index is -4.78. The number of halogens is 3. The predicted octanol–water partition coefficient (Wildman–Crippen LogP) is 4.63. The Morgan fingerprint density at radius 2 is 1.83 bits per heavy atom. The largest absolute Gasteiger partial charge is 0.425 e. The summed E-state index contributed by atoms with van der Waals surface area (Å²) >= 11 is 0. The van der Waals surface area contributed by atoms with Gasteiger partial charge in [-0.1, -0.05) is 27.2 Å². The van der Waals surface area contributed by atoms with Crippen molar-refractivity contribution >= 4 is 28.9 Å². The summed E-state index contributed by atoms with van der Waals surface area (Å²) in [5.41, 5.74) is -3.72. The number of hydrogen-bond acceptors (Lipinski definition) is 6. The number of nitrogens with zero attached hydrogens (tertiary/aromatic N) is 1. The van der Waals surface area contributed by atoms with Crippen LogP contribution in [0, 0.1) is 11.3 Å². The Morgan fingerprint density at radius 1 is 1.17 bits per heavy atom. The Bertz CT molecular complexity index is 1270. The lowest BCUT2D eigenvalue weighted by Gasteiger charge is -2.42. The molecule has 1 aliphatic heterocycles. The third-order valence-electron chi connectivity index (χ3n) is 7.64. The number of ether oxygens (including phenoxy) is 1. The molecule has 36 heavy (non-hydrogen) atoms. The van der Waals surface area contributed by atoms with Crippen LogP contribution in [0.25, 0.3) is 11.0 Å². The highest BCUT2D eigenvalue weighted by molar-refractivity contribution is 6.08. The lowest BCUT2D eigenvalue weighted by molar-refractivity contribution is -0.141. The van der Waals surface area contributed by atoms with Crippen LogP contribution in [0.15, 0.2) is 33.5 Å². The van der Waals surface area contributed by atoms with Crippen molar-refractivity contribution in [2.24, 2.45) is 11.3 Å². The van der Waals surface area contributed by atoms with Crippen molar-refractivity contribution < 1.29 is 36.7 Å². The van der Waals surface area contributed by atoms with Gasteiger partial charge in [0.2, 0.25) is 0 Å². The highest BCUT2D eigenvalue weighted by Crippen LogP contribution is 2.45. The van der Waals surface area contributed by atoms with Crippen LogP contribution in [0.1, 0.15) is 58.4 Å². The van der Waals surface area contributed by atoms with Crippen LogP contribution in [-0.2, 0) is 15.8 Å². The normalized spacial score (nSPS) is 22.8. The van der Waals surface area contributed by atoms with E-state index in [1.807, 2.05) is 0 Å². The van der Waals surface area contributed by atoms with Crippen LogP contribution in [0.3, 0.4) is 0 Å². The molecule has 8 nitrogen and oxygen atoms in total. The van der Waals surface area contributed by atoms with E-state index in [4.69, 9.17) is 9.15 Å². The molecular weight excluding hydrogens is 481 g/mol. The highest BCUT2D eigenvalue weighted by atomic mass is 19.4. The lowest BCUT2D eigenvalue weighted by Crippen LogP contribution is -2.51. The van der Waals surface area contributed by atoms with Crippen LogP contribution in [-0.4, -0.2) is 34.9 Å². The smallest absolute Gasteiger partial charge is 0.417 e. The van der Waals surface area contributed by atoms with Gasteiger partial charge in [-0.3, -0.25) is 9.69 Å². The topological polar surface area (TPSA) is 106 Å². The highest BCUT2D eigenvalue weighted by Gasteiger charge is 2.54. The Hall–Kier alpha value is -3.37. The number of urea groups is 1. The molecule has 1 saturated carbocycles. The van der Waals surface area contributed by atoms with Crippen molar-refractivity contribution in [1.82, 2.24) is 10.2 Å². The lowest BCUT2D eigenvalue weighted by atomic mass is 9.65. The van der Waals surface area contributed by atoms with E-state index in [1.165, 1.54) is 0 Å². The molecule has 2 fully saturated rings. The molecule has 0 bridgehead atoms. The number of nitrogens with one attached hydrogen (secondary N) is 1. The SMILES string of the molecule is CCC(C)(C)C1CCC2(CC1)NC(=O)N(CC(=O)Oc1ccc3c(C(F)(F)F)cc(=O)oc3c1)C2=O. The van der Waals surface area contributed by atoms with Crippen molar-refractivity contribution in [3.63, 3.8) is 0 Å². The van der Waals surface area contributed by atoms with Crippen LogP contribution in [0.5, 0.6) is 5.75 Å². The summed E-state index contributed by atoms with van der Waals surface area (Å²) in [6.45, 7) is 5.84. The molecule has 1 spiro atoms. The van der Waals surface area contributed by atoms with Gasteiger partial charge < -0.3 is 14.5 Å². The van der Waals surface area contributed by atoms with Crippen molar-refractivity contribution in [3.8, 4) is 5.75 Å². The Kier molecular flexibility index (Phi) is 6.38. The summed E-state index contributed by atoms with van der Waals surface area (Å²) in [4.78, 5) is 50.6. The van der Waals surface area contributed by atoms with E-state index in [0.29, 0.717) is 24.8 Å². The molecule has 0 atom stereocenters. The quantitative estimate of drug-likeness (QED) is 0.273. The van der Waals surface area contributed by atoms with Crippen LogP contribution in [0.2, 0.25) is 0 Å². The average Bonchev–Trinajstić information content (AvgIpc) is 3.01. The van der Waals surface area contributed by atoms with E-state index in [9.17, 15) is 32.3 Å². The molecule has 1 aliphatic carbocycles. The fourth-order valence-corrected chi connectivity index (χ4v) is 5.07. The number of esters is 1. The summed E-state index contributed by atoms with van der Waals surface area (Å²) in [5, 5.41) is 2.38. The van der Waals surface area contributed by atoms with Gasteiger partial charge in [0.15, 0.2) is 0 Å². The van der Waals surface area contributed by atoms with Gasteiger partial charge in [-0.15, -0.1) is 0 Å². The van der Waals surface area contributed by atoms with Crippen molar-refractivity contribution in [3.05, 3.63) is 40.2 Å². The average molecular weight is 508 g/mol. The number of fused-ring (bicyclic) bond motifs is 1. The summed E-state index contributed by atoms with van der Waals surface area (Å²) in [7, 11) is 0. The van der Waals surface area contributed by atoms with Crippen molar-refractivity contribution in [2.45, 2.75) is 64.6 Å². The summed E-state index contributed by atoms with van der Waals surface area (Å²) in [5.74, 6) is -1.23. The van der Waals surface area contributed by atoms with Crippen LogP contribution in [0.4, 0.5) is 18.0 Å². The first kappa shape index (κ1) is 25.7. The number of carbonyl (C=O) groups excluding carboxylic acids is 3. The maximum atomic E-state index is 13.2. The number of rotatable bonds is 5. The molecule has 11 heteroatoms. The zero-order valence-electron chi connectivity index (χ0n) is 20.2. The van der Waals surface area contributed by atoms with Crippen LogP contribution >= 0.6 is 0 Å². The number of alkyl halides is 3. The molecule has 2 aliphatic rings. The van der Waals surface area contributed by atoms with Gasteiger partial charge in [0.25, 0.3) is 5.91 Å². The second-order valence-corrected chi connectivity index (χ2v) is 10.1. The third-order valence-corrected chi connectivity index (χ3v) is 7.64. The minimum absolute atomic E-state index is 0.122. The van der Waals surface area contributed by atoms with Crippen molar-refractivity contribution in [1.29, 1.82) is 0 Å². The third kappa shape index (κ3) is 4.70. The number of hydrogen-bond donors (Lipinski definition) is 1. The zero-order chi connectivity index (χ0) is 26.5. The maximum absolute atomic E-state index is 13.2. The molecule has 2 aromatic rings. The summed E-state index contributed by atoms with van der Waals surface area (Å²) in [6.07, 6.45) is -1.29. The van der Waals surface area contributed by atoms with E-state index in [-0.39, 0.29) is 16.6 Å². The van der Waals surface area contributed by atoms with Gasteiger partial charge in [-0.2, -0.15) is 13.2 Å². The van der Waals surface area contributed by atoms with Gasteiger partial charge in [0.05, 0.1) is 5.56 Å². The fourth-order valence-electron chi connectivity index (χ4n) is 5.07. The first-order chi connectivity index (χ1) is 16.8. The van der Waals surface area contributed by atoms with Gasteiger partial charge in [-0.25, -0.2) is 14.4 Å². The van der Waals surface area contributed by atoms with Gasteiger partial charge in [0.1, 0.15) is 23.4 Å². The van der Waals surface area contributed by atoms with E-state index in [0.717, 1.165) is 42.4 Å². The second kappa shape index (κ2) is 8.94. The summed E-state index contributed by atoms with van der Waals surface area (Å²) < 4.78 is 49.6. The summed E-state index contributed by atoms with van der Waals surface area (Å²) in [6, 6.07) is 2.76. The fraction of sp³-hybridized carbons (Fsp3) is 0.520. The van der Waals surface area contributed by atoms with E-state index in [2.05, 4.69) is 26.1 Å². The number of carbonyl (C=O) groups is 3. The molecule has 1 aromatic heterocycles. The van der Waals surface area contributed by atoms with Crippen LogP contribution < -0.4 is 15.7 Å². The minimum Gasteiger partial charge on any atom is -0.425 e. The molecule has 194 valence electrons. The van der Waals surface area contributed by atoms with Crippen molar-refractivity contribution in [2.75, 3.05) is 6.54 Å². The van der Waals surface area contributed by atoms with E-state index in [1.54, 1.807) is 0 Å². The first-order valence-corrected chi connectivity index (χ1v) is 11.8. The van der Waals surface area contributed by atoms with E-state index < -0.39 is 52.9 Å². The molecule has 2 heterocycles. The Balaban J connectivity index is 1.45. The molecule has 0 unspecified atom stereocenters.